The first-order chi connectivity index (χ1) is 13.1. The van der Waals surface area contributed by atoms with Gasteiger partial charge in [0.15, 0.2) is 0 Å². The first kappa shape index (κ1) is 18.7. The molecule has 0 amide bonds. The van der Waals surface area contributed by atoms with Gasteiger partial charge in [0.25, 0.3) is 0 Å². The van der Waals surface area contributed by atoms with Crippen LogP contribution in [0.25, 0.3) is 5.65 Å². The van der Waals surface area contributed by atoms with E-state index in [0.29, 0.717) is 5.92 Å². The molecular formula is C19H25ClN6S. The quantitative estimate of drug-likeness (QED) is 0.648. The van der Waals surface area contributed by atoms with Crippen molar-refractivity contribution in [2.24, 2.45) is 5.92 Å². The highest BCUT2D eigenvalue weighted by Gasteiger charge is 2.19. The van der Waals surface area contributed by atoms with Crippen LogP contribution in [0, 0.1) is 5.92 Å². The summed E-state index contributed by atoms with van der Waals surface area (Å²) in [5, 5.41) is 1.79. The maximum absolute atomic E-state index is 6.07. The molecule has 1 fully saturated rings. The second kappa shape index (κ2) is 8.12. The fourth-order valence-corrected chi connectivity index (χ4v) is 4.38. The molecule has 1 aliphatic rings. The van der Waals surface area contributed by atoms with Crippen LogP contribution in [0.5, 0.6) is 0 Å². The normalized spacial score (nSPS) is 16.4. The van der Waals surface area contributed by atoms with Crippen LogP contribution in [0.15, 0.2) is 24.5 Å². The SMILES string of the molecule is CC(C)Cc1nsc(N2CCCN(Cc3cn4cc(Cl)ccc4n3)CC2)n1. The number of nitrogens with zero attached hydrogens (tertiary/aromatic N) is 6. The summed E-state index contributed by atoms with van der Waals surface area (Å²) < 4.78 is 6.53. The molecule has 0 bridgehead atoms. The Balaban J connectivity index is 1.38. The van der Waals surface area contributed by atoms with Crippen LogP contribution in [-0.4, -0.2) is 49.8 Å². The molecule has 8 heteroatoms. The number of imidazole rings is 1. The summed E-state index contributed by atoms with van der Waals surface area (Å²) in [7, 11) is 0. The molecule has 1 aliphatic heterocycles. The van der Waals surface area contributed by atoms with Gasteiger partial charge in [0.05, 0.1) is 10.7 Å². The smallest absolute Gasteiger partial charge is 0.205 e. The molecule has 0 saturated carbocycles. The van der Waals surface area contributed by atoms with E-state index >= 15 is 0 Å². The van der Waals surface area contributed by atoms with Gasteiger partial charge in [-0.3, -0.25) is 4.90 Å². The third-order valence-electron chi connectivity index (χ3n) is 4.76. The van der Waals surface area contributed by atoms with Crippen molar-refractivity contribution in [3.8, 4) is 0 Å². The first-order valence-corrected chi connectivity index (χ1v) is 10.6. The topological polar surface area (TPSA) is 49.6 Å². The van der Waals surface area contributed by atoms with Crippen LogP contribution in [0.2, 0.25) is 5.02 Å². The molecule has 0 radical (unpaired) electrons. The summed E-state index contributed by atoms with van der Waals surface area (Å²) in [4.78, 5) is 14.3. The Labute approximate surface area is 169 Å². The predicted octanol–water partition coefficient (Wildman–Crippen LogP) is 3.75. The zero-order chi connectivity index (χ0) is 18.8. The van der Waals surface area contributed by atoms with E-state index in [0.717, 1.165) is 72.9 Å². The van der Waals surface area contributed by atoms with Gasteiger partial charge >= 0.3 is 0 Å². The van der Waals surface area contributed by atoms with Gasteiger partial charge in [-0.1, -0.05) is 25.4 Å². The van der Waals surface area contributed by atoms with Crippen LogP contribution in [0.4, 0.5) is 5.13 Å². The van der Waals surface area contributed by atoms with E-state index in [-0.39, 0.29) is 0 Å². The first-order valence-electron chi connectivity index (χ1n) is 9.50. The zero-order valence-electron chi connectivity index (χ0n) is 15.8. The van der Waals surface area contributed by atoms with Gasteiger partial charge < -0.3 is 9.30 Å². The predicted molar refractivity (Wildman–Crippen MR) is 111 cm³/mol. The molecule has 0 aromatic carbocycles. The second-order valence-electron chi connectivity index (χ2n) is 7.55. The minimum Gasteiger partial charge on any atom is -0.346 e. The van der Waals surface area contributed by atoms with Gasteiger partial charge in [0.2, 0.25) is 5.13 Å². The number of halogens is 1. The van der Waals surface area contributed by atoms with Crippen molar-refractivity contribution in [3.63, 3.8) is 0 Å². The summed E-state index contributed by atoms with van der Waals surface area (Å²) in [6.45, 7) is 9.37. The third kappa shape index (κ3) is 4.59. The van der Waals surface area contributed by atoms with E-state index in [1.165, 1.54) is 11.5 Å². The van der Waals surface area contributed by atoms with Crippen LogP contribution < -0.4 is 4.90 Å². The molecule has 3 aromatic rings. The highest BCUT2D eigenvalue weighted by atomic mass is 35.5. The maximum Gasteiger partial charge on any atom is 0.205 e. The lowest BCUT2D eigenvalue weighted by Gasteiger charge is -2.20. The molecule has 6 nitrogen and oxygen atoms in total. The summed E-state index contributed by atoms with van der Waals surface area (Å²) >= 11 is 7.61. The lowest BCUT2D eigenvalue weighted by molar-refractivity contribution is 0.282. The van der Waals surface area contributed by atoms with Crippen LogP contribution >= 0.6 is 23.1 Å². The van der Waals surface area contributed by atoms with Crippen LogP contribution in [0.1, 0.15) is 31.8 Å². The summed E-state index contributed by atoms with van der Waals surface area (Å²) in [6.07, 6.45) is 6.06. The Morgan fingerprint density at radius 1 is 1.11 bits per heavy atom. The Bertz CT molecular complexity index is 905. The lowest BCUT2D eigenvalue weighted by atomic mass is 10.1. The Kier molecular flexibility index (Phi) is 5.61. The van der Waals surface area contributed by atoms with Gasteiger partial charge in [0, 0.05) is 63.1 Å². The number of anilines is 1. The van der Waals surface area contributed by atoms with Crippen LogP contribution in [-0.2, 0) is 13.0 Å². The third-order valence-corrected chi connectivity index (χ3v) is 5.80. The van der Waals surface area contributed by atoms with Gasteiger partial charge in [-0.25, -0.2) is 9.97 Å². The van der Waals surface area contributed by atoms with Crippen molar-refractivity contribution >= 4 is 33.9 Å². The van der Waals surface area contributed by atoms with E-state index in [1.807, 2.05) is 22.7 Å². The molecular weight excluding hydrogens is 380 g/mol. The average Bonchev–Trinajstić information content (AvgIpc) is 3.15. The Morgan fingerprint density at radius 3 is 2.85 bits per heavy atom. The molecule has 3 aromatic heterocycles. The molecule has 27 heavy (non-hydrogen) atoms. The van der Waals surface area contributed by atoms with Crippen molar-refractivity contribution in [1.29, 1.82) is 0 Å². The zero-order valence-corrected chi connectivity index (χ0v) is 17.4. The molecule has 4 rings (SSSR count). The molecule has 0 atom stereocenters. The average molecular weight is 405 g/mol. The highest BCUT2D eigenvalue weighted by molar-refractivity contribution is 7.09. The molecule has 0 spiro atoms. The lowest BCUT2D eigenvalue weighted by Crippen LogP contribution is -2.30. The number of aromatic nitrogens is 4. The van der Waals surface area contributed by atoms with Gasteiger partial charge in [0.1, 0.15) is 11.5 Å². The Hall–Kier alpha value is -1.70. The summed E-state index contributed by atoms with van der Waals surface area (Å²) in [5.74, 6) is 1.57. The van der Waals surface area contributed by atoms with Crippen molar-refractivity contribution in [1.82, 2.24) is 23.6 Å². The molecule has 1 saturated heterocycles. The largest absolute Gasteiger partial charge is 0.346 e. The number of hydrogen-bond acceptors (Lipinski definition) is 6. The molecule has 0 N–H and O–H groups in total. The van der Waals surface area contributed by atoms with E-state index in [1.54, 1.807) is 0 Å². The standard InChI is InChI=1S/C19H25ClN6S/c1-14(2)10-17-22-19(27-23-17)25-7-3-6-24(8-9-25)12-16-13-26-11-15(20)4-5-18(26)21-16/h4-5,11,13-14H,3,6-10,12H2,1-2H3. The van der Waals surface area contributed by atoms with Crippen molar-refractivity contribution in [3.05, 3.63) is 41.1 Å². The minimum atomic E-state index is 0.590. The summed E-state index contributed by atoms with van der Waals surface area (Å²) in [6, 6.07) is 3.84. The van der Waals surface area contributed by atoms with Crippen molar-refractivity contribution < 1.29 is 0 Å². The van der Waals surface area contributed by atoms with Gasteiger partial charge in [-0.15, -0.1) is 0 Å². The molecule has 0 aliphatic carbocycles. The molecule has 0 unspecified atom stereocenters. The number of fused-ring (bicyclic) bond motifs is 1. The van der Waals surface area contributed by atoms with Crippen molar-refractivity contribution in [2.45, 2.75) is 33.2 Å². The number of pyridine rings is 1. The molecule has 144 valence electrons. The van der Waals surface area contributed by atoms with Crippen molar-refractivity contribution in [2.75, 3.05) is 31.1 Å². The molecule has 4 heterocycles. The fraction of sp³-hybridized carbons (Fsp3) is 0.526. The fourth-order valence-electron chi connectivity index (χ4n) is 3.46. The monoisotopic (exact) mass is 404 g/mol. The highest BCUT2D eigenvalue weighted by Crippen LogP contribution is 2.21. The van der Waals surface area contributed by atoms with Crippen LogP contribution in [0.3, 0.4) is 0 Å². The Morgan fingerprint density at radius 2 is 2.00 bits per heavy atom. The summed E-state index contributed by atoms with van der Waals surface area (Å²) in [5.41, 5.74) is 2.03. The van der Waals surface area contributed by atoms with Gasteiger partial charge in [-0.05, 0) is 24.5 Å². The number of rotatable bonds is 5. The minimum absolute atomic E-state index is 0.590. The van der Waals surface area contributed by atoms with E-state index < -0.39 is 0 Å². The van der Waals surface area contributed by atoms with E-state index in [2.05, 4.69) is 34.2 Å². The van der Waals surface area contributed by atoms with E-state index in [9.17, 15) is 0 Å². The number of hydrogen-bond donors (Lipinski definition) is 0. The van der Waals surface area contributed by atoms with E-state index in [4.69, 9.17) is 21.6 Å². The maximum atomic E-state index is 6.07. The second-order valence-corrected chi connectivity index (χ2v) is 8.72. The van der Waals surface area contributed by atoms with Gasteiger partial charge in [-0.2, -0.15) is 4.37 Å².